The van der Waals surface area contributed by atoms with E-state index in [0.29, 0.717) is 17.8 Å². The number of hydrogen-bond acceptors (Lipinski definition) is 4. The molecule has 0 bridgehead atoms. The molecule has 0 radical (unpaired) electrons. The Morgan fingerprint density at radius 3 is 3.00 bits per heavy atom. The highest BCUT2D eigenvalue weighted by molar-refractivity contribution is 7.13. The summed E-state index contributed by atoms with van der Waals surface area (Å²) in [6.07, 6.45) is 1.73. The average Bonchev–Trinajstić information content (AvgIpc) is 2.60. The van der Waals surface area contributed by atoms with E-state index < -0.39 is 6.10 Å². The van der Waals surface area contributed by atoms with Gasteiger partial charge in [0, 0.05) is 6.54 Å². The molecule has 78 valence electrons. The zero-order valence-corrected chi connectivity index (χ0v) is 9.10. The smallest absolute Gasteiger partial charge is 0.263 e. The van der Waals surface area contributed by atoms with E-state index in [1.54, 1.807) is 6.20 Å². The summed E-state index contributed by atoms with van der Waals surface area (Å²) in [4.78, 5) is 16.0. The highest BCUT2D eigenvalue weighted by atomic mass is 32.1. The maximum atomic E-state index is 11.4. The monoisotopic (exact) mass is 214 g/mol. The van der Waals surface area contributed by atoms with Crippen molar-refractivity contribution in [3.63, 3.8) is 0 Å². The van der Waals surface area contributed by atoms with E-state index >= 15 is 0 Å². The van der Waals surface area contributed by atoms with Crippen LogP contribution in [0, 0.1) is 6.92 Å². The van der Waals surface area contributed by atoms with Gasteiger partial charge in [-0.1, -0.05) is 6.92 Å². The van der Waals surface area contributed by atoms with E-state index in [1.807, 2.05) is 13.8 Å². The Balaban J connectivity index is 2.43. The van der Waals surface area contributed by atoms with Crippen LogP contribution in [0.25, 0.3) is 0 Å². The quantitative estimate of drug-likeness (QED) is 0.784. The number of carbonyl (C=O) groups excluding carboxylic acids is 1. The maximum Gasteiger partial charge on any atom is 0.263 e. The molecule has 0 aromatic carbocycles. The second-order valence-electron chi connectivity index (χ2n) is 3.02. The van der Waals surface area contributed by atoms with Crippen molar-refractivity contribution in [1.82, 2.24) is 10.3 Å². The molecule has 0 aliphatic heterocycles. The third-order valence-corrected chi connectivity index (χ3v) is 2.73. The van der Waals surface area contributed by atoms with Crippen LogP contribution in [0.4, 0.5) is 0 Å². The van der Waals surface area contributed by atoms with Gasteiger partial charge in [-0.25, -0.2) is 4.98 Å². The molecule has 1 aromatic rings. The van der Waals surface area contributed by atoms with E-state index in [4.69, 9.17) is 0 Å². The van der Waals surface area contributed by atoms with Crippen LogP contribution in [0.1, 0.15) is 28.0 Å². The van der Waals surface area contributed by atoms with E-state index in [9.17, 15) is 9.90 Å². The Hall–Kier alpha value is -0.940. The Morgan fingerprint density at radius 1 is 1.79 bits per heavy atom. The lowest BCUT2D eigenvalue weighted by atomic mass is 10.3. The molecule has 0 spiro atoms. The lowest BCUT2D eigenvalue weighted by molar-refractivity contribution is 0.0917. The molecule has 1 heterocycles. The number of thiazole rings is 1. The molecule has 0 aliphatic rings. The van der Waals surface area contributed by atoms with Crippen LogP contribution in [0.5, 0.6) is 0 Å². The number of aliphatic hydroxyl groups is 1. The van der Waals surface area contributed by atoms with Crippen molar-refractivity contribution in [2.24, 2.45) is 0 Å². The molecule has 1 rings (SSSR count). The van der Waals surface area contributed by atoms with Crippen LogP contribution >= 0.6 is 11.3 Å². The standard InChI is InChI=1S/C9H14N2O2S/c1-3-7(12)4-11-9(13)8-5-10-6(2)14-8/h5,7,12H,3-4H2,1-2H3,(H,11,13). The van der Waals surface area contributed by atoms with Crippen LogP contribution in [0.3, 0.4) is 0 Å². The van der Waals surface area contributed by atoms with Gasteiger partial charge in [0.25, 0.3) is 5.91 Å². The third kappa shape index (κ3) is 3.08. The minimum Gasteiger partial charge on any atom is -0.391 e. The van der Waals surface area contributed by atoms with Crippen molar-refractivity contribution in [3.05, 3.63) is 16.1 Å². The van der Waals surface area contributed by atoms with Gasteiger partial charge < -0.3 is 10.4 Å². The molecule has 0 aliphatic carbocycles. The topological polar surface area (TPSA) is 62.2 Å². The first-order chi connectivity index (χ1) is 6.63. The van der Waals surface area contributed by atoms with E-state index in [0.717, 1.165) is 5.01 Å². The molecule has 1 atom stereocenters. The van der Waals surface area contributed by atoms with Gasteiger partial charge >= 0.3 is 0 Å². The Labute approximate surface area is 87.0 Å². The highest BCUT2D eigenvalue weighted by Gasteiger charge is 2.09. The van der Waals surface area contributed by atoms with Crippen LogP contribution in [0.2, 0.25) is 0 Å². The minimum absolute atomic E-state index is 0.164. The number of nitrogens with zero attached hydrogens (tertiary/aromatic N) is 1. The van der Waals surface area contributed by atoms with Crippen LogP contribution < -0.4 is 5.32 Å². The van der Waals surface area contributed by atoms with Crippen molar-refractivity contribution in [1.29, 1.82) is 0 Å². The third-order valence-electron chi connectivity index (χ3n) is 1.81. The molecule has 0 fully saturated rings. The first-order valence-electron chi connectivity index (χ1n) is 4.52. The fraction of sp³-hybridized carbons (Fsp3) is 0.556. The van der Waals surface area contributed by atoms with Gasteiger partial charge in [0.15, 0.2) is 0 Å². The van der Waals surface area contributed by atoms with Gasteiger partial charge in [-0.2, -0.15) is 0 Å². The number of hydrogen-bond donors (Lipinski definition) is 2. The SMILES string of the molecule is CCC(O)CNC(=O)c1cnc(C)s1. The first-order valence-corrected chi connectivity index (χ1v) is 5.33. The molecule has 1 aromatic heterocycles. The number of amides is 1. The molecule has 14 heavy (non-hydrogen) atoms. The number of aliphatic hydroxyl groups excluding tert-OH is 1. The molecule has 0 saturated carbocycles. The molecular formula is C9H14N2O2S. The van der Waals surface area contributed by atoms with Crippen molar-refractivity contribution in [3.8, 4) is 0 Å². The van der Waals surface area contributed by atoms with E-state index in [-0.39, 0.29) is 5.91 Å². The van der Waals surface area contributed by atoms with Crippen LogP contribution in [0.15, 0.2) is 6.20 Å². The van der Waals surface area contributed by atoms with Crippen LogP contribution in [-0.4, -0.2) is 28.6 Å². The molecule has 4 nitrogen and oxygen atoms in total. The molecule has 5 heteroatoms. The summed E-state index contributed by atoms with van der Waals surface area (Å²) in [5, 5.41) is 12.7. The van der Waals surface area contributed by atoms with Crippen molar-refractivity contribution >= 4 is 17.2 Å². The van der Waals surface area contributed by atoms with E-state index in [2.05, 4.69) is 10.3 Å². The predicted octanol–water partition coefficient (Wildman–Crippen LogP) is 0.952. The fourth-order valence-corrected chi connectivity index (χ4v) is 1.60. The van der Waals surface area contributed by atoms with Gasteiger partial charge in [0.1, 0.15) is 4.88 Å². The molecule has 1 amide bonds. The summed E-state index contributed by atoms with van der Waals surface area (Å²) in [7, 11) is 0. The summed E-state index contributed by atoms with van der Waals surface area (Å²) in [5.41, 5.74) is 0. The summed E-state index contributed by atoms with van der Waals surface area (Å²) in [6, 6.07) is 0. The number of aromatic nitrogens is 1. The normalized spacial score (nSPS) is 12.5. The summed E-state index contributed by atoms with van der Waals surface area (Å²) < 4.78 is 0. The summed E-state index contributed by atoms with van der Waals surface area (Å²) in [6.45, 7) is 4.02. The second kappa shape index (κ2) is 5.07. The molecule has 0 saturated heterocycles. The second-order valence-corrected chi connectivity index (χ2v) is 4.25. The molecule has 1 unspecified atom stereocenters. The zero-order valence-electron chi connectivity index (χ0n) is 8.28. The lowest BCUT2D eigenvalue weighted by Crippen LogP contribution is -2.31. The number of carbonyl (C=O) groups is 1. The first kappa shape index (κ1) is 11.1. The largest absolute Gasteiger partial charge is 0.391 e. The highest BCUT2D eigenvalue weighted by Crippen LogP contribution is 2.10. The zero-order chi connectivity index (χ0) is 10.6. The van der Waals surface area contributed by atoms with Gasteiger partial charge in [0.05, 0.1) is 17.3 Å². The Morgan fingerprint density at radius 2 is 2.50 bits per heavy atom. The number of rotatable bonds is 4. The predicted molar refractivity (Wildman–Crippen MR) is 55.5 cm³/mol. The molecule has 2 N–H and O–H groups in total. The van der Waals surface area contributed by atoms with Gasteiger partial charge in [0.2, 0.25) is 0 Å². The van der Waals surface area contributed by atoms with Crippen molar-refractivity contribution in [2.75, 3.05) is 6.54 Å². The fourth-order valence-electron chi connectivity index (χ4n) is 0.908. The van der Waals surface area contributed by atoms with Crippen molar-refractivity contribution in [2.45, 2.75) is 26.4 Å². The van der Waals surface area contributed by atoms with E-state index in [1.165, 1.54) is 11.3 Å². The van der Waals surface area contributed by atoms with Crippen molar-refractivity contribution < 1.29 is 9.90 Å². The van der Waals surface area contributed by atoms with Gasteiger partial charge in [-0.3, -0.25) is 4.79 Å². The Kier molecular flexibility index (Phi) is 4.03. The maximum absolute atomic E-state index is 11.4. The summed E-state index contributed by atoms with van der Waals surface area (Å²) in [5.74, 6) is -0.164. The van der Waals surface area contributed by atoms with Gasteiger partial charge in [-0.05, 0) is 13.3 Å². The minimum atomic E-state index is -0.465. The number of aryl methyl sites for hydroxylation is 1. The van der Waals surface area contributed by atoms with Crippen LogP contribution in [-0.2, 0) is 0 Å². The summed E-state index contributed by atoms with van der Waals surface area (Å²) >= 11 is 1.35. The number of nitrogens with one attached hydrogen (secondary N) is 1. The van der Waals surface area contributed by atoms with Gasteiger partial charge in [-0.15, -0.1) is 11.3 Å². The average molecular weight is 214 g/mol. The Bertz CT molecular complexity index is 312. The molecular weight excluding hydrogens is 200 g/mol. The lowest BCUT2D eigenvalue weighted by Gasteiger charge is -2.07.